The predicted molar refractivity (Wildman–Crippen MR) is 112 cm³/mol. The molecule has 0 bridgehead atoms. The van der Waals surface area contributed by atoms with E-state index >= 15 is 0 Å². The van der Waals surface area contributed by atoms with E-state index in [9.17, 15) is 9.59 Å². The normalized spacial score (nSPS) is 12.9. The first kappa shape index (κ1) is 19.7. The van der Waals surface area contributed by atoms with Gasteiger partial charge < -0.3 is 14.4 Å². The Labute approximate surface area is 174 Å². The van der Waals surface area contributed by atoms with Crippen molar-refractivity contribution >= 4 is 17.6 Å². The summed E-state index contributed by atoms with van der Waals surface area (Å²) in [7, 11) is 0. The Morgan fingerprint density at radius 2 is 1.83 bits per heavy atom. The molecule has 2 heterocycles. The fourth-order valence-electron chi connectivity index (χ4n) is 3.53. The fraction of sp³-hybridized carbons (Fsp3) is 0.261. The van der Waals surface area contributed by atoms with Gasteiger partial charge in [-0.1, -0.05) is 36.4 Å². The molecule has 3 aromatic rings. The molecule has 0 unspecified atom stereocenters. The molecule has 4 rings (SSSR count). The van der Waals surface area contributed by atoms with Crippen molar-refractivity contribution in [1.82, 2.24) is 9.78 Å². The summed E-state index contributed by atoms with van der Waals surface area (Å²) in [5, 5.41) is 4.32. The summed E-state index contributed by atoms with van der Waals surface area (Å²) in [6.45, 7) is 2.40. The van der Waals surface area contributed by atoms with E-state index in [0.29, 0.717) is 6.54 Å². The zero-order valence-corrected chi connectivity index (χ0v) is 16.8. The van der Waals surface area contributed by atoms with E-state index < -0.39 is 5.97 Å². The van der Waals surface area contributed by atoms with Crippen LogP contribution in [0.5, 0.6) is 5.75 Å². The minimum atomic E-state index is -0.585. The van der Waals surface area contributed by atoms with Crippen molar-refractivity contribution in [1.29, 1.82) is 0 Å². The molecule has 7 heteroatoms. The summed E-state index contributed by atoms with van der Waals surface area (Å²) in [6, 6.07) is 17.3. The summed E-state index contributed by atoms with van der Waals surface area (Å²) < 4.78 is 12.4. The maximum atomic E-state index is 12.9. The lowest BCUT2D eigenvalue weighted by Gasteiger charge is -2.29. The molecule has 0 fully saturated rings. The fourth-order valence-corrected chi connectivity index (χ4v) is 3.53. The number of carbonyl (C=O) groups excluding carboxylic acids is 2. The van der Waals surface area contributed by atoms with Crippen LogP contribution in [0.3, 0.4) is 0 Å². The van der Waals surface area contributed by atoms with Gasteiger partial charge in [-0.05, 0) is 43.5 Å². The first-order valence-electron chi connectivity index (χ1n) is 10.0. The molecule has 1 aliphatic rings. The third-order valence-electron chi connectivity index (χ3n) is 4.93. The molecule has 0 radical (unpaired) electrons. The van der Waals surface area contributed by atoms with Crippen LogP contribution in [-0.4, -0.2) is 41.4 Å². The highest BCUT2D eigenvalue weighted by Gasteiger charge is 2.25. The van der Waals surface area contributed by atoms with Crippen molar-refractivity contribution in [3.8, 4) is 11.4 Å². The van der Waals surface area contributed by atoms with Gasteiger partial charge in [0.1, 0.15) is 0 Å². The number of nitrogens with zero attached hydrogens (tertiary/aromatic N) is 3. The van der Waals surface area contributed by atoms with Gasteiger partial charge in [-0.15, -0.1) is 0 Å². The van der Waals surface area contributed by atoms with Gasteiger partial charge in [0.15, 0.2) is 12.4 Å². The number of aromatic nitrogens is 2. The Bertz CT molecular complexity index is 1050. The molecule has 0 N–H and O–H groups in total. The summed E-state index contributed by atoms with van der Waals surface area (Å²) in [4.78, 5) is 27.0. The average Bonchev–Trinajstić information content (AvgIpc) is 3.22. The number of anilines is 1. The molecule has 2 aromatic carbocycles. The third kappa shape index (κ3) is 4.05. The van der Waals surface area contributed by atoms with Gasteiger partial charge in [-0.25, -0.2) is 9.48 Å². The number of fused-ring (bicyclic) bond motifs is 1. The van der Waals surface area contributed by atoms with Crippen LogP contribution in [-0.2, 0) is 16.0 Å². The Morgan fingerprint density at radius 3 is 2.63 bits per heavy atom. The van der Waals surface area contributed by atoms with Gasteiger partial charge in [-0.2, -0.15) is 5.10 Å². The predicted octanol–water partition coefficient (Wildman–Crippen LogP) is 3.41. The van der Waals surface area contributed by atoms with Crippen LogP contribution in [0.25, 0.3) is 5.69 Å². The molecule has 1 amide bonds. The lowest BCUT2D eigenvalue weighted by atomic mass is 10.0. The second-order valence-corrected chi connectivity index (χ2v) is 6.91. The van der Waals surface area contributed by atoms with Gasteiger partial charge in [-0.3, -0.25) is 4.79 Å². The second-order valence-electron chi connectivity index (χ2n) is 6.91. The Hall–Kier alpha value is -3.61. The molecule has 30 heavy (non-hydrogen) atoms. The highest BCUT2D eigenvalue weighted by Crippen LogP contribution is 2.27. The van der Waals surface area contributed by atoms with E-state index in [1.807, 2.05) is 54.6 Å². The standard InChI is InChI=1S/C23H23N3O4/c1-2-29-23(28)22-20(15-26(24-22)18-11-4-3-5-12-18)30-16-21(27)25-14-8-10-17-9-6-7-13-19(17)25/h3-7,9,11-13,15H,2,8,10,14,16H2,1H3. The van der Waals surface area contributed by atoms with Crippen LogP contribution in [0.15, 0.2) is 60.8 Å². The van der Waals surface area contributed by atoms with Crippen LogP contribution in [0.2, 0.25) is 0 Å². The van der Waals surface area contributed by atoms with E-state index in [1.54, 1.807) is 22.7 Å². The topological polar surface area (TPSA) is 73.7 Å². The molecular weight excluding hydrogens is 382 g/mol. The molecule has 1 aliphatic heterocycles. The molecule has 0 atom stereocenters. The number of hydrogen-bond acceptors (Lipinski definition) is 5. The Morgan fingerprint density at radius 1 is 1.07 bits per heavy atom. The smallest absolute Gasteiger partial charge is 0.362 e. The third-order valence-corrected chi connectivity index (χ3v) is 4.93. The van der Waals surface area contributed by atoms with Crippen LogP contribution >= 0.6 is 0 Å². The Balaban J connectivity index is 1.55. The zero-order chi connectivity index (χ0) is 20.9. The van der Waals surface area contributed by atoms with E-state index in [-0.39, 0.29) is 30.6 Å². The monoisotopic (exact) mass is 405 g/mol. The molecule has 0 aliphatic carbocycles. The number of ether oxygens (including phenoxy) is 2. The van der Waals surface area contributed by atoms with Gasteiger partial charge in [0.05, 0.1) is 18.5 Å². The van der Waals surface area contributed by atoms with E-state index in [1.165, 1.54) is 0 Å². The summed E-state index contributed by atoms with van der Waals surface area (Å²) in [5.74, 6) is -0.529. The highest BCUT2D eigenvalue weighted by atomic mass is 16.5. The largest absolute Gasteiger partial charge is 0.479 e. The molecule has 1 aromatic heterocycles. The van der Waals surface area contributed by atoms with Crippen molar-refractivity contribution < 1.29 is 19.1 Å². The van der Waals surface area contributed by atoms with Crippen LogP contribution < -0.4 is 9.64 Å². The van der Waals surface area contributed by atoms with Crippen LogP contribution in [0.1, 0.15) is 29.4 Å². The number of rotatable bonds is 6. The van der Waals surface area contributed by atoms with Crippen molar-refractivity contribution in [3.05, 3.63) is 72.1 Å². The van der Waals surface area contributed by atoms with Gasteiger partial charge in [0.2, 0.25) is 5.69 Å². The van der Waals surface area contributed by atoms with Crippen LogP contribution in [0, 0.1) is 0 Å². The van der Waals surface area contributed by atoms with E-state index in [4.69, 9.17) is 9.47 Å². The number of carbonyl (C=O) groups is 2. The first-order valence-corrected chi connectivity index (χ1v) is 10.0. The number of benzene rings is 2. The average molecular weight is 405 g/mol. The molecule has 7 nitrogen and oxygen atoms in total. The highest BCUT2D eigenvalue weighted by molar-refractivity contribution is 5.96. The summed E-state index contributed by atoms with van der Waals surface area (Å²) in [5.41, 5.74) is 2.89. The second kappa shape index (κ2) is 8.82. The van der Waals surface area contributed by atoms with Crippen molar-refractivity contribution in [2.24, 2.45) is 0 Å². The van der Waals surface area contributed by atoms with Gasteiger partial charge in [0, 0.05) is 12.2 Å². The molecule has 0 saturated heterocycles. The lowest BCUT2D eigenvalue weighted by molar-refractivity contribution is -0.120. The van der Waals surface area contributed by atoms with E-state index in [0.717, 1.165) is 29.8 Å². The van der Waals surface area contributed by atoms with Gasteiger partial charge >= 0.3 is 5.97 Å². The Kier molecular flexibility index (Phi) is 5.79. The lowest BCUT2D eigenvalue weighted by Crippen LogP contribution is -2.38. The minimum absolute atomic E-state index is 0.0487. The quantitative estimate of drug-likeness (QED) is 0.588. The zero-order valence-electron chi connectivity index (χ0n) is 16.8. The molecule has 0 spiro atoms. The van der Waals surface area contributed by atoms with Crippen molar-refractivity contribution in [2.45, 2.75) is 19.8 Å². The SMILES string of the molecule is CCOC(=O)c1nn(-c2ccccc2)cc1OCC(=O)N1CCCc2ccccc21. The van der Waals surface area contributed by atoms with Crippen LogP contribution in [0.4, 0.5) is 5.69 Å². The van der Waals surface area contributed by atoms with Crippen molar-refractivity contribution in [3.63, 3.8) is 0 Å². The molecular formula is C23H23N3O4. The number of amides is 1. The molecule has 0 saturated carbocycles. The minimum Gasteiger partial charge on any atom is -0.479 e. The number of esters is 1. The summed E-state index contributed by atoms with van der Waals surface area (Å²) in [6.07, 6.45) is 3.46. The first-order chi connectivity index (χ1) is 14.7. The maximum Gasteiger partial charge on any atom is 0.362 e. The van der Waals surface area contributed by atoms with Crippen molar-refractivity contribution in [2.75, 3.05) is 24.7 Å². The maximum absolute atomic E-state index is 12.9. The van der Waals surface area contributed by atoms with Gasteiger partial charge in [0.25, 0.3) is 5.91 Å². The number of para-hydroxylation sites is 2. The summed E-state index contributed by atoms with van der Waals surface area (Å²) >= 11 is 0. The number of aryl methyl sites for hydroxylation is 1. The molecule has 154 valence electrons. The van der Waals surface area contributed by atoms with E-state index in [2.05, 4.69) is 5.10 Å². The number of hydrogen-bond donors (Lipinski definition) is 0.